The Labute approximate surface area is 165 Å². The molecule has 29 heavy (non-hydrogen) atoms. The Balaban J connectivity index is 2.50. The number of carbonyl (C=O) groups excluding carboxylic acids is 1. The first-order valence-electron chi connectivity index (χ1n) is 7.93. The van der Waals surface area contributed by atoms with Gasteiger partial charge >= 0.3 is 12.4 Å². The van der Waals surface area contributed by atoms with Gasteiger partial charge in [0.05, 0.1) is 28.0 Å². The molecule has 0 unspecified atom stereocenters. The topological polar surface area (TPSA) is 76.1 Å². The standard InChI is InChI=1S/C16H14F6N2O3S2/c1-3-29(26,27)10-6-9(15(17,18)19)5-4-8(2)12(10)13(25)24-14-23-7-11(28-14)16(20,21)22/h5-7H,3-4H2,1-2H3,(H,23,24,25). The lowest BCUT2D eigenvalue weighted by molar-refractivity contribution is -0.134. The Hall–Kier alpha value is -2.15. The summed E-state index contributed by atoms with van der Waals surface area (Å²) in [5.74, 6) is -1.74. The van der Waals surface area contributed by atoms with Crippen molar-refractivity contribution in [2.45, 2.75) is 32.6 Å². The van der Waals surface area contributed by atoms with Crippen molar-refractivity contribution in [3.8, 4) is 0 Å². The van der Waals surface area contributed by atoms with E-state index in [9.17, 15) is 39.6 Å². The van der Waals surface area contributed by atoms with Crippen LogP contribution < -0.4 is 5.32 Å². The Kier molecular flexibility index (Phi) is 6.33. The van der Waals surface area contributed by atoms with Crippen LogP contribution in [0.25, 0.3) is 0 Å². The van der Waals surface area contributed by atoms with E-state index in [-0.39, 0.29) is 23.3 Å². The van der Waals surface area contributed by atoms with Crippen LogP contribution in [0, 0.1) is 0 Å². The number of thiazole rings is 1. The Bertz CT molecular complexity index is 1010. The first-order valence-corrected chi connectivity index (χ1v) is 10.4. The van der Waals surface area contributed by atoms with Crippen LogP contribution in [0.5, 0.6) is 0 Å². The SMILES string of the molecule is CCS(=O)(=O)C1=CC(C(F)(F)F)=CCC(C)=C1C(=O)Nc1ncc(C(F)(F)F)s1. The molecule has 1 aliphatic carbocycles. The molecule has 2 rings (SSSR count). The number of carbonyl (C=O) groups is 1. The van der Waals surface area contributed by atoms with Crippen molar-refractivity contribution < 1.29 is 39.6 Å². The molecule has 0 fully saturated rings. The highest BCUT2D eigenvalue weighted by Gasteiger charge is 2.37. The molecule has 0 radical (unpaired) electrons. The van der Waals surface area contributed by atoms with Gasteiger partial charge in [-0.3, -0.25) is 10.1 Å². The zero-order valence-electron chi connectivity index (χ0n) is 14.9. The number of anilines is 1. The lowest BCUT2D eigenvalue weighted by Gasteiger charge is -2.14. The summed E-state index contributed by atoms with van der Waals surface area (Å²) in [5.41, 5.74) is -1.77. The molecule has 0 spiro atoms. The molecule has 1 aromatic heterocycles. The van der Waals surface area contributed by atoms with Crippen LogP contribution in [0.4, 0.5) is 31.5 Å². The average molecular weight is 460 g/mol. The molecule has 1 N–H and O–H groups in total. The molecule has 1 aromatic rings. The van der Waals surface area contributed by atoms with Crippen molar-refractivity contribution in [1.29, 1.82) is 0 Å². The fraction of sp³-hybridized carbons (Fsp3) is 0.375. The number of nitrogens with one attached hydrogen (secondary N) is 1. The van der Waals surface area contributed by atoms with Gasteiger partial charge < -0.3 is 0 Å². The highest BCUT2D eigenvalue weighted by Crippen LogP contribution is 2.37. The third-order valence-electron chi connectivity index (χ3n) is 3.86. The van der Waals surface area contributed by atoms with Crippen molar-refractivity contribution in [3.63, 3.8) is 0 Å². The number of amides is 1. The quantitative estimate of drug-likeness (QED) is 0.665. The normalized spacial score (nSPS) is 16.3. The third-order valence-corrected chi connectivity index (χ3v) is 6.57. The minimum absolute atomic E-state index is 0.0117. The molecule has 1 amide bonds. The number of sulfone groups is 1. The zero-order chi connectivity index (χ0) is 22.2. The van der Waals surface area contributed by atoms with Gasteiger partial charge in [0.2, 0.25) is 0 Å². The zero-order valence-corrected chi connectivity index (χ0v) is 16.5. The number of alkyl halides is 6. The molecule has 5 nitrogen and oxygen atoms in total. The van der Waals surface area contributed by atoms with E-state index in [1.54, 1.807) is 0 Å². The number of aromatic nitrogens is 1. The maximum Gasteiger partial charge on any atom is 0.427 e. The first kappa shape index (κ1) is 23.1. The van der Waals surface area contributed by atoms with Crippen molar-refractivity contribution in [3.05, 3.63) is 44.9 Å². The van der Waals surface area contributed by atoms with E-state index in [0.717, 1.165) is 6.08 Å². The Morgan fingerprint density at radius 3 is 2.31 bits per heavy atom. The summed E-state index contributed by atoms with van der Waals surface area (Å²) >= 11 is 0.105. The average Bonchev–Trinajstić information content (AvgIpc) is 2.96. The maximum atomic E-state index is 13.2. The summed E-state index contributed by atoms with van der Waals surface area (Å²) in [6, 6.07) is 0. The van der Waals surface area contributed by atoms with E-state index in [4.69, 9.17) is 0 Å². The molecule has 160 valence electrons. The van der Waals surface area contributed by atoms with Gasteiger partial charge in [-0.05, 0) is 19.4 Å². The molecule has 13 heteroatoms. The third kappa shape index (κ3) is 5.26. The van der Waals surface area contributed by atoms with E-state index in [1.165, 1.54) is 13.8 Å². The van der Waals surface area contributed by atoms with Gasteiger partial charge in [0.25, 0.3) is 5.91 Å². The van der Waals surface area contributed by atoms with Gasteiger partial charge in [0.1, 0.15) is 4.88 Å². The molecule has 0 saturated heterocycles. The molecule has 0 bridgehead atoms. The van der Waals surface area contributed by atoms with Gasteiger partial charge in [-0.25, -0.2) is 13.4 Å². The molecule has 1 heterocycles. The minimum Gasteiger partial charge on any atom is -0.298 e. The first-order chi connectivity index (χ1) is 13.2. The largest absolute Gasteiger partial charge is 0.427 e. The van der Waals surface area contributed by atoms with Crippen LogP contribution in [0.1, 0.15) is 25.1 Å². The van der Waals surface area contributed by atoms with Crippen molar-refractivity contribution in [2.24, 2.45) is 0 Å². The van der Waals surface area contributed by atoms with Gasteiger partial charge in [-0.2, -0.15) is 26.3 Å². The van der Waals surface area contributed by atoms with Crippen LogP contribution >= 0.6 is 11.3 Å². The van der Waals surface area contributed by atoms with Crippen molar-refractivity contribution in [2.75, 3.05) is 11.1 Å². The Morgan fingerprint density at radius 1 is 1.21 bits per heavy atom. The fourth-order valence-electron chi connectivity index (χ4n) is 2.37. The molecule has 0 aliphatic heterocycles. The predicted octanol–water partition coefficient (Wildman–Crippen LogP) is 4.63. The number of nitrogens with zero attached hydrogens (tertiary/aromatic N) is 1. The second-order valence-corrected chi connectivity index (χ2v) is 9.19. The van der Waals surface area contributed by atoms with Gasteiger partial charge in [0, 0.05) is 0 Å². The summed E-state index contributed by atoms with van der Waals surface area (Å²) in [6.45, 7) is 2.46. The molecule has 0 saturated carbocycles. The molecular weight excluding hydrogens is 446 g/mol. The lowest BCUT2D eigenvalue weighted by atomic mass is 10.1. The number of halogens is 6. The molecular formula is C16H14F6N2O3S2. The highest BCUT2D eigenvalue weighted by molar-refractivity contribution is 7.95. The lowest BCUT2D eigenvalue weighted by Crippen LogP contribution is -2.22. The van der Waals surface area contributed by atoms with Crippen LogP contribution in [0.3, 0.4) is 0 Å². The minimum atomic E-state index is -4.85. The van der Waals surface area contributed by atoms with Crippen LogP contribution in [0.2, 0.25) is 0 Å². The van der Waals surface area contributed by atoms with Crippen LogP contribution in [-0.2, 0) is 20.8 Å². The number of hydrogen-bond donors (Lipinski definition) is 1. The van der Waals surface area contributed by atoms with Crippen molar-refractivity contribution in [1.82, 2.24) is 4.98 Å². The highest BCUT2D eigenvalue weighted by atomic mass is 32.2. The maximum absolute atomic E-state index is 13.2. The van der Waals surface area contributed by atoms with E-state index in [2.05, 4.69) is 4.98 Å². The number of hydrogen-bond acceptors (Lipinski definition) is 5. The fourth-order valence-corrected chi connectivity index (χ4v) is 4.25. The Morgan fingerprint density at radius 2 is 1.83 bits per heavy atom. The predicted molar refractivity (Wildman–Crippen MR) is 94.7 cm³/mol. The second kappa shape index (κ2) is 7.94. The van der Waals surface area contributed by atoms with Crippen LogP contribution in [0.15, 0.2) is 40.0 Å². The monoisotopic (exact) mass is 460 g/mol. The van der Waals surface area contributed by atoms with E-state index in [1.807, 2.05) is 5.32 Å². The van der Waals surface area contributed by atoms with E-state index < -0.39 is 59.9 Å². The van der Waals surface area contributed by atoms with E-state index in [0.29, 0.717) is 12.3 Å². The second-order valence-electron chi connectivity index (χ2n) is 5.91. The number of rotatable bonds is 4. The smallest absolute Gasteiger partial charge is 0.298 e. The molecule has 1 aliphatic rings. The molecule has 0 atom stereocenters. The summed E-state index contributed by atoms with van der Waals surface area (Å²) in [6.07, 6.45) is -8.32. The summed E-state index contributed by atoms with van der Waals surface area (Å²) in [7, 11) is -4.27. The molecule has 0 aromatic carbocycles. The van der Waals surface area contributed by atoms with Gasteiger partial charge in [0.15, 0.2) is 15.0 Å². The number of allylic oxidation sites excluding steroid dienone is 4. The summed E-state index contributed by atoms with van der Waals surface area (Å²) in [5, 5.41) is 1.57. The summed E-state index contributed by atoms with van der Waals surface area (Å²) < 4.78 is 102. The van der Waals surface area contributed by atoms with Crippen LogP contribution in [-0.4, -0.2) is 31.2 Å². The van der Waals surface area contributed by atoms with Gasteiger partial charge in [-0.15, -0.1) is 0 Å². The van der Waals surface area contributed by atoms with E-state index >= 15 is 0 Å². The summed E-state index contributed by atoms with van der Waals surface area (Å²) in [4.78, 5) is 14.1. The van der Waals surface area contributed by atoms with Gasteiger partial charge in [-0.1, -0.05) is 29.9 Å². The van der Waals surface area contributed by atoms with Crippen molar-refractivity contribution >= 4 is 32.2 Å².